The van der Waals surface area contributed by atoms with Crippen LogP contribution in [-0.4, -0.2) is 18.2 Å². The molecule has 0 spiro atoms. The highest BCUT2D eigenvalue weighted by molar-refractivity contribution is 5.29. The van der Waals surface area contributed by atoms with E-state index < -0.39 is 0 Å². The third kappa shape index (κ3) is 3.08. The molecule has 0 saturated heterocycles. The van der Waals surface area contributed by atoms with Gasteiger partial charge in [-0.15, -0.1) is 0 Å². The number of benzene rings is 1. The molecule has 0 aromatic heterocycles. The Bertz CT molecular complexity index is 452. The van der Waals surface area contributed by atoms with E-state index in [2.05, 4.69) is 5.32 Å². The average Bonchev–Trinajstić information content (AvgIpc) is 3.14. The van der Waals surface area contributed by atoms with Crippen LogP contribution < -0.4 is 10.1 Å². The minimum Gasteiger partial charge on any atom is -0.487 e. The van der Waals surface area contributed by atoms with Crippen molar-refractivity contribution < 1.29 is 9.13 Å². The van der Waals surface area contributed by atoms with Crippen molar-refractivity contribution in [1.29, 1.82) is 0 Å². The number of ether oxygens (including phenoxy) is 1. The summed E-state index contributed by atoms with van der Waals surface area (Å²) in [5, 5.41) is 3.53. The van der Waals surface area contributed by atoms with Crippen molar-refractivity contribution >= 4 is 0 Å². The molecule has 2 saturated carbocycles. The van der Waals surface area contributed by atoms with Crippen LogP contribution in [0.2, 0.25) is 0 Å². The van der Waals surface area contributed by atoms with E-state index in [1.54, 1.807) is 13.0 Å². The van der Waals surface area contributed by atoms with E-state index in [4.69, 9.17) is 4.74 Å². The van der Waals surface area contributed by atoms with Gasteiger partial charge in [-0.05, 0) is 63.6 Å². The smallest absolute Gasteiger partial charge is 0.129 e. The maximum absolute atomic E-state index is 13.6. The Hall–Kier alpha value is -1.09. The largest absolute Gasteiger partial charge is 0.487 e. The third-order valence-electron chi connectivity index (χ3n) is 4.33. The van der Waals surface area contributed by atoms with E-state index in [-0.39, 0.29) is 11.4 Å². The van der Waals surface area contributed by atoms with E-state index in [1.165, 1.54) is 25.3 Å². The molecule has 0 bridgehead atoms. The molecule has 2 nitrogen and oxygen atoms in total. The zero-order valence-corrected chi connectivity index (χ0v) is 11.5. The van der Waals surface area contributed by atoms with Gasteiger partial charge in [-0.1, -0.05) is 6.07 Å². The maximum atomic E-state index is 13.6. The van der Waals surface area contributed by atoms with Crippen LogP contribution in [0, 0.1) is 12.7 Å². The molecular formula is C16H22FNO. The van der Waals surface area contributed by atoms with E-state index in [0.29, 0.717) is 11.3 Å². The highest BCUT2D eigenvalue weighted by atomic mass is 19.1. The highest BCUT2D eigenvalue weighted by Crippen LogP contribution is 2.39. The molecule has 2 aliphatic carbocycles. The first-order valence-corrected chi connectivity index (χ1v) is 7.35. The van der Waals surface area contributed by atoms with Gasteiger partial charge in [0.15, 0.2) is 0 Å². The molecule has 2 aliphatic rings. The standard InChI is InChI=1S/C16H22FNO/c1-12-3-6-14(11-15(12)17)19-16(7-2-8-16)9-10-18-13-4-5-13/h3,6,11,13,18H,2,4-5,7-10H2,1H3. The van der Waals surface area contributed by atoms with Crippen molar-refractivity contribution in [2.45, 2.75) is 57.1 Å². The summed E-state index contributed by atoms with van der Waals surface area (Å²) in [7, 11) is 0. The monoisotopic (exact) mass is 263 g/mol. The first-order chi connectivity index (χ1) is 9.17. The predicted molar refractivity (Wildman–Crippen MR) is 74.0 cm³/mol. The molecular weight excluding hydrogens is 241 g/mol. The zero-order valence-electron chi connectivity index (χ0n) is 11.5. The average molecular weight is 263 g/mol. The van der Waals surface area contributed by atoms with Crippen LogP contribution in [0.4, 0.5) is 4.39 Å². The molecule has 0 atom stereocenters. The van der Waals surface area contributed by atoms with E-state index in [9.17, 15) is 4.39 Å². The van der Waals surface area contributed by atoms with Gasteiger partial charge >= 0.3 is 0 Å². The van der Waals surface area contributed by atoms with Gasteiger partial charge in [0.1, 0.15) is 17.2 Å². The third-order valence-corrected chi connectivity index (χ3v) is 4.33. The summed E-state index contributed by atoms with van der Waals surface area (Å²) in [6.07, 6.45) is 7.06. The summed E-state index contributed by atoms with van der Waals surface area (Å²) in [6.45, 7) is 2.79. The second kappa shape index (κ2) is 5.12. The molecule has 2 fully saturated rings. The van der Waals surface area contributed by atoms with Gasteiger partial charge in [-0.3, -0.25) is 0 Å². The van der Waals surface area contributed by atoms with Gasteiger partial charge in [0.2, 0.25) is 0 Å². The van der Waals surface area contributed by atoms with Crippen LogP contribution in [0.25, 0.3) is 0 Å². The van der Waals surface area contributed by atoms with Gasteiger partial charge in [0.05, 0.1) is 0 Å². The van der Waals surface area contributed by atoms with Gasteiger partial charge in [-0.2, -0.15) is 0 Å². The fourth-order valence-electron chi connectivity index (χ4n) is 2.65. The molecule has 0 radical (unpaired) electrons. The molecule has 3 heteroatoms. The van der Waals surface area contributed by atoms with Crippen molar-refractivity contribution in [3.63, 3.8) is 0 Å². The number of rotatable bonds is 6. The summed E-state index contributed by atoms with van der Waals surface area (Å²) in [4.78, 5) is 0. The minimum absolute atomic E-state index is 0.0520. The molecule has 1 aromatic rings. The van der Waals surface area contributed by atoms with Crippen molar-refractivity contribution in [3.8, 4) is 5.75 Å². The first kappa shape index (κ1) is 12.9. The Labute approximate surface area is 114 Å². The van der Waals surface area contributed by atoms with Gasteiger partial charge in [0, 0.05) is 12.1 Å². The fraction of sp³-hybridized carbons (Fsp3) is 0.625. The minimum atomic E-state index is -0.178. The molecule has 0 heterocycles. The van der Waals surface area contributed by atoms with Gasteiger partial charge < -0.3 is 10.1 Å². The molecule has 104 valence electrons. The number of hydrogen-bond acceptors (Lipinski definition) is 2. The normalized spacial score (nSPS) is 20.9. The fourth-order valence-corrected chi connectivity index (χ4v) is 2.65. The van der Waals surface area contributed by atoms with Crippen LogP contribution in [0.1, 0.15) is 44.1 Å². The van der Waals surface area contributed by atoms with Crippen molar-refractivity contribution in [1.82, 2.24) is 5.32 Å². The summed E-state index contributed by atoms with van der Waals surface area (Å²) in [5.74, 6) is 0.498. The van der Waals surface area contributed by atoms with Crippen molar-refractivity contribution in [2.24, 2.45) is 0 Å². The Morgan fingerprint density at radius 2 is 2.16 bits per heavy atom. The Morgan fingerprint density at radius 3 is 2.74 bits per heavy atom. The maximum Gasteiger partial charge on any atom is 0.129 e. The molecule has 19 heavy (non-hydrogen) atoms. The lowest BCUT2D eigenvalue weighted by molar-refractivity contribution is -0.0145. The molecule has 0 unspecified atom stereocenters. The highest BCUT2D eigenvalue weighted by Gasteiger charge is 2.39. The molecule has 1 N–H and O–H groups in total. The summed E-state index contributed by atoms with van der Waals surface area (Å²) < 4.78 is 19.6. The number of aryl methyl sites for hydroxylation is 1. The Balaban J connectivity index is 1.59. The molecule has 3 rings (SSSR count). The summed E-state index contributed by atoms with van der Waals surface area (Å²) >= 11 is 0. The second-order valence-corrected chi connectivity index (χ2v) is 6.03. The van der Waals surface area contributed by atoms with Crippen molar-refractivity contribution in [3.05, 3.63) is 29.6 Å². The van der Waals surface area contributed by atoms with E-state index in [0.717, 1.165) is 31.8 Å². The number of hydrogen-bond donors (Lipinski definition) is 1. The van der Waals surface area contributed by atoms with E-state index >= 15 is 0 Å². The van der Waals surface area contributed by atoms with Crippen LogP contribution in [-0.2, 0) is 0 Å². The SMILES string of the molecule is Cc1ccc(OC2(CCNC3CC3)CCC2)cc1F. The molecule has 0 amide bonds. The lowest BCUT2D eigenvalue weighted by Gasteiger charge is -2.42. The van der Waals surface area contributed by atoms with Crippen molar-refractivity contribution in [2.75, 3.05) is 6.54 Å². The molecule has 1 aromatic carbocycles. The number of halogens is 1. The summed E-state index contributed by atoms with van der Waals surface area (Å²) in [5.41, 5.74) is 0.620. The van der Waals surface area contributed by atoms with Crippen LogP contribution in [0.5, 0.6) is 5.75 Å². The lowest BCUT2D eigenvalue weighted by atomic mass is 9.77. The molecule has 0 aliphatic heterocycles. The van der Waals surface area contributed by atoms with Gasteiger partial charge in [-0.25, -0.2) is 4.39 Å². The van der Waals surface area contributed by atoms with Crippen LogP contribution in [0.15, 0.2) is 18.2 Å². The number of nitrogens with one attached hydrogen (secondary N) is 1. The lowest BCUT2D eigenvalue weighted by Crippen LogP contribution is -2.45. The zero-order chi connectivity index (χ0) is 13.3. The quantitative estimate of drug-likeness (QED) is 0.847. The predicted octanol–water partition coefficient (Wildman–Crippen LogP) is 3.58. The second-order valence-electron chi connectivity index (χ2n) is 6.03. The Kier molecular flexibility index (Phi) is 3.48. The van der Waals surface area contributed by atoms with Gasteiger partial charge in [0.25, 0.3) is 0 Å². The van der Waals surface area contributed by atoms with Crippen LogP contribution >= 0.6 is 0 Å². The van der Waals surface area contributed by atoms with E-state index in [1.807, 2.05) is 6.07 Å². The summed E-state index contributed by atoms with van der Waals surface area (Å²) in [6, 6.07) is 5.93. The Morgan fingerprint density at radius 1 is 1.37 bits per heavy atom. The topological polar surface area (TPSA) is 21.3 Å². The van der Waals surface area contributed by atoms with Crippen LogP contribution in [0.3, 0.4) is 0 Å². The first-order valence-electron chi connectivity index (χ1n) is 7.35.